The number of pyridine rings is 1. The van der Waals surface area contributed by atoms with Crippen LogP contribution in [0, 0.1) is 0 Å². The molecule has 0 unspecified atom stereocenters. The summed E-state index contributed by atoms with van der Waals surface area (Å²) in [5, 5.41) is 0. The van der Waals surface area contributed by atoms with Gasteiger partial charge in [0.25, 0.3) is 0 Å². The van der Waals surface area contributed by atoms with E-state index in [1.165, 1.54) is 0 Å². The lowest BCUT2D eigenvalue weighted by molar-refractivity contribution is 0.243. The summed E-state index contributed by atoms with van der Waals surface area (Å²) in [6.07, 6.45) is 1.87. The molecule has 1 heterocycles. The molecule has 0 bridgehead atoms. The van der Waals surface area contributed by atoms with Crippen molar-refractivity contribution < 1.29 is 9.47 Å². The highest BCUT2D eigenvalue weighted by atomic mass is 16.5. The zero-order valence-electron chi connectivity index (χ0n) is 10.9. The number of aromatic nitrogens is 1. The fourth-order valence-electron chi connectivity index (χ4n) is 1.72. The van der Waals surface area contributed by atoms with Crippen LogP contribution in [0.1, 0.15) is 13.8 Å². The van der Waals surface area contributed by atoms with Crippen molar-refractivity contribution in [3.8, 4) is 22.8 Å². The maximum Gasteiger partial charge on any atom is 0.129 e. The Morgan fingerprint density at radius 3 is 2.61 bits per heavy atom. The van der Waals surface area contributed by atoms with E-state index in [-0.39, 0.29) is 6.10 Å². The van der Waals surface area contributed by atoms with E-state index in [0.29, 0.717) is 0 Å². The van der Waals surface area contributed by atoms with Crippen molar-refractivity contribution in [1.29, 1.82) is 0 Å². The zero-order chi connectivity index (χ0) is 13.0. The van der Waals surface area contributed by atoms with E-state index >= 15 is 0 Å². The second kappa shape index (κ2) is 5.54. The van der Waals surface area contributed by atoms with E-state index in [4.69, 9.17) is 9.47 Å². The maximum absolute atomic E-state index is 5.79. The Hall–Kier alpha value is -2.03. The first-order chi connectivity index (χ1) is 8.70. The summed E-state index contributed by atoms with van der Waals surface area (Å²) in [5.74, 6) is 1.63. The third-order valence-corrected chi connectivity index (χ3v) is 2.49. The molecule has 0 saturated heterocycles. The maximum atomic E-state index is 5.79. The minimum Gasteiger partial charge on any atom is -0.497 e. The molecule has 2 aromatic rings. The summed E-state index contributed by atoms with van der Waals surface area (Å²) in [6, 6.07) is 11.6. The number of ether oxygens (including phenoxy) is 2. The number of methoxy groups -OCH3 is 1. The van der Waals surface area contributed by atoms with Crippen molar-refractivity contribution in [2.75, 3.05) is 7.11 Å². The van der Waals surface area contributed by atoms with Crippen LogP contribution in [0.25, 0.3) is 11.3 Å². The summed E-state index contributed by atoms with van der Waals surface area (Å²) in [4.78, 5) is 4.37. The van der Waals surface area contributed by atoms with Crippen LogP contribution >= 0.6 is 0 Å². The molecule has 3 nitrogen and oxygen atoms in total. The standard InChI is InChI=1S/C15H17NO2/c1-11(2)18-15-7-5-4-6-13(15)14-10-12(17-3)8-9-16-14/h4-11H,1-3H3. The van der Waals surface area contributed by atoms with Crippen molar-refractivity contribution in [3.63, 3.8) is 0 Å². The number of para-hydroxylation sites is 1. The third kappa shape index (κ3) is 2.80. The van der Waals surface area contributed by atoms with Gasteiger partial charge in [0, 0.05) is 17.8 Å². The highest BCUT2D eigenvalue weighted by molar-refractivity contribution is 5.68. The molecule has 3 heteroatoms. The monoisotopic (exact) mass is 243 g/mol. The first-order valence-electron chi connectivity index (χ1n) is 5.97. The Bertz CT molecular complexity index is 523. The number of hydrogen-bond donors (Lipinski definition) is 0. The van der Waals surface area contributed by atoms with Gasteiger partial charge in [-0.15, -0.1) is 0 Å². The minimum absolute atomic E-state index is 0.136. The first kappa shape index (κ1) is 12.4. The van der Waals surface area contributed by atoms with Crippen LogP contribution in [-0.2, 0) is 0 Å². The lowest BCUT2D eigenvalue weighted by Crippen LogP contribution is -2.06. The Balaban J connectivity index is 2.42. The molecule has 1 aromatic carbocycles. The largest absolute Gasteiger partial charge is 0.497 e. The van der Waals surface area contributed by atoms with Crippen LogP contribution in [0.3, 0.4) is 0 Å². The number of nitrogens with zero attached hydrogens (tertiary/aromatic N) is 1. The molecule has 0 amide bonds. The van der Waals surface area contributed by atoms with Crippen LogP contribution in [0.5, 0.6) is 11.5 Å². The number of rotatable bonds is 4. The molecule has 0 aliphatic heterocycles. The Labute approximate surface area is 107 Å². The predicted octanol–water partition coefficient (Wildman–Crippen LogP) is 3.54. The zero-order valence-corrected chi connectivity index (χ0v) is 10.9. The molecule has 1 aromatic heterocycles. The molecule has 0 fully saturated rings. The second-order valence-electron chi connectivity index (χ2n) is 4.24. The van der Waals surface area contributed by atoms with Gasteiger partial charge in [-0.25, -0.2) is 0 Å². The van der Waals surface area contributed by atoms with Crippen molar-refractivity contribution in [2.24, 2.45) is 0 Å². The van der Waals surface area contributed by atoms with E-state index in [1.54, 1.807) is 13.3 Å². The first-order valence-corrected chi connectivity index (χ1v) is 5.97. The third-order valence-electron chi connectivity index (χ3n) is 2.49. The number of benzene rings is 1. The average molecular weight is 243 g/mol. The normalized spacial score (nSPS) is 10.4. The molecule has 2 rings (SSSR count). The van der Waals surface area contributed by atoms with Gasteiger partial charge in [0.1, 0.15) is 11.5 Å². The van der Waals surface area contributed by atoms with Crippen LogP contribution in [0.2, 0.25) is 0 Å². The lowest BCUT2D eigenvalue weighted by atomic mass is 10.1. The molecule has 0 radical (unpaired) electrons. The molecule has 94 valence electrons. The average Bonchev–Trinajstić information content (AvgIpc) is 2.39. The van der Waals surface area contributed by atoms with Crippen molar-refractivity contribution in [3.05, 3.63) is 42.6 Å². The molecule has 0 aliphatic rings. The molecule has 0 saturated carbocycles. The fraction of sp³-hybridized carbons (Fsp3) is 0.267. The summed E-state index contributed by atoms with van der Waals surface area (Å²) < 4.78 is 11.0. The van der Waals surface area contributed by atoms with Gasteiger partial charge in [-0.3, -0.25) is 4.98 Å². The highest BCUT2D eigenvalue weighted by Crippen LogP contribution is 2.30. The Morgan fingerprint density at radius 1 is 1.11 bits per heavy atom. The number of hydrogen-bond acceptors (Lipinski definition) is 3. The minimum atomic E-state index is 0.136. The SMILES string of the molecule is COc1ccnc(-c2ccccc2OC(C)C)c1. The van der Waals surface area contributed by atoms with Gasteiger partial charge in [0.05, 0.1) is 18.9 Å². The molecular formula is C15H17NO2. The van der Waals surface area contributed by atoms with E-state index in [2.05, 4.69) is 4.98 Å². The van der Waals surface area contributed by atoms with Gasteiger partial charge >= 0.3 is 0 Å². The summed E-state index contributed by atoms with van der Waals surface area (Å²) >= 11 is 0. The topological polar surface area (TPSA) is 31.4 Å². The summed E-state index contributed by atoms with van der Waals surface area (Å²) in [5.41, 5.74) is 1.83. The second-order valence-corrected chi connectivity index (χ2v) is 4.24. The van der Waals surface area contributed by atoms with Gasteiger partial charge in [-0.05, 0) is 32.0 Å². The summed E-state index contributed by atoms with van der Waals surface area (Å²) in [7, 11) is 1.65. The van der Waals surface area contributed by atoms with Gasteiger partial charge in [-0.2, -0.15) is 0 Å². The van der Waals surface area contributed by atoms with Crippen molar-refractivity contribution in [1.82, 2.24) is 4.98 Å². The van der Waals surface area contributed by atoms with E-state index in [9.17, 15) is 0 Å². The Morgan fingerprint density at radius 2 is 1.89 bits per heavy atom. The van der Waals surface area contributed by atoms with Gasteiger partial charge in [0.2, 0.25) is 0 Å². The molecule has 0 atom stereocenters. The molecule has 0 N–H and O–H groups in total. The van der Waals surface area contributed by atoms with Gasteiger partial charge < -0.3 is 9.47 Å². The highest BCUT2D eigenvalue weighted by Gasteiger charge is 2.09. The van der Waals surface area contributed by atoms with Gasteiger partial charge in [0.15, 0.2) is 0 Å². The molecule has 0 aliphatic carbocycles. The van der Waals surface area contributed by atoms with Crippen LogP contribution in [-0.4, -0.2) is 18.2 Å². The van der Waals surface area contributed by atoms with E-state index in [0.717, 1.165) is 22.8 Å². The fourth-order valence-corrected chi connectivity index (χ4v) is 1.72. The van der Waals surface area contributed by atoms with E-state index < -0.39 is 0 Å². The smallest absolute Gasteiger partial charge is 0.129 e. The lowest BCUT2D eigenvalue weighted by Gasteiger charge is -2.14. The Kier molecular flexibility index (Phi) is 3.82. The van der Waals surface area contributed by atoms with Gasteiger partial charge in [-0.1, -0.05) is 12.1 Å². The molecule has 18 heavy (non-hydrogen) atoms. The van der Waals surface area contributed by atoms with Crippen LogP contribution < -0.4 is 9.47 Å². The molecular weight excluding hydrogens is 226 g/mol. The van der Waals surface area contributed by atoms with Crippen molar-refractivity contribution in [2.45, 2.75) is 20.0 Å². The predicted molar refractivity (Wildman–Crippen MR) is 72.0 cm³/mol. The quantitative estimate of drug-likeness (QED) is 0.823. The molecule has 0 spiro atoms. The van der Waals surface area contributed by atoms with Crippen LogP contribution in [0.15, 0.2) is 42.6 Å². The summed E-state index contributed by atoms with van der Waals surface area (Å²) in [6.45, 7) is 4.02. The van der Waals surface area contributed by atoms with Crippen molar-refractivity contribution >= 4 is 0 Å². The van der Waals surface area contributed by atoms with Crippen LogP contribution in [0.4, 0.5) is 0 Å². The van der Waals surface area contributed by atoms with E-state index in [1.807, 2.05) is 50.2 Å².